The topological polar surface area (TPSA) is 109 Å². The largest absolute Gasteiger partial charge is 0.464 e. The number of aromatic nitrogens is 3. The van der Waals surface area contributed by atoms with Crippen LogP contribution in [0.15, 0.2) is 73.1 Å². The Balaban J connectivity index is 1.50. The molecule has 1 aliphatic carbocycles. The third-order valence-electron chi connectivity index (χ3n) is 7.02. The average Bonchev–Trinajstić information content (AvgIpc) is 2.97. The Morgan fingerprint density at radius 2 is 1.90 bits per heavy atom. The lowest BCUT2D eigenvalue weighted by Gasteiger charge is -2.23. The van der Waals surface area contributed by atoms with Gasteiger partial charge < -0.3 is 20.5 Å². The van der Waals surface area contributed by atoms with Crippen LogP contribution < -0.4 is 10.6 Å². The zero-order valence-electron chi connectivity index (χ0n) is 22.9. The highest BCUT2D eigenvalue weighted by Gasteiger charge is 2.34. The van der Waals surface area contributed by atoms with Crippen molar-refractivity contribution in [3.63, 3.8) is 0 Å². The van der Waals surface area contributed by atoms with E-state index in [1.54, 1.807) is 13.0 Å². The lowest BCUT2D eigenvalue weighted by molar-refractivity contribution is -0.144. The van der Waals surface area contributed by atoms with Gasteiger partial charge in [0.2, 0.25) is 0 Å². The molecule has 0 aliphatic heterocycles. The number of benzene rings is 2. The molecule has 42 heavy (non-hydrogen) atoms. The van der Waals surface area contributed by atoms with Crippen LogP contribution in [-0.2, 0) is 35.0 Å². The van der Waals surface area contributed by atoms with Gasteiger partial charge in [0.1, 0.15) is 29.7 Å². The van der Waals surface area contributed by atoms with Crippen molar-refractivity contribution in [2.24, 2.45) is 0 Å². The van der Waals surface area contributed by atoms with Crippen LogP contribution in [0.25, 0.3) is 11.3 Å². The molecule has 2 aromatic carbocycles. The Morgan fingerprint density at radius 1 is 1.10 bits per heavy atom. The van der Waals surface area contributed by atoms with Crippen molar-refractivity contribution < 1.29 is 27.8 Å². The summed E-state index contributed by atoms with van der Waals surface area (Å²) < 4.78 is 46.3. The summed E-state index contributed by atoms with van der Waals surface area (Å²) in [4.78, 5) is 25.4. The molecule has 0 fully saturated rings. The number of carbonyl (C=O) groups excluding carboxylic acids is 1. The number of alkyl halides is 3. The standard InChI is InChI=1S/C31H30F3N5O3/c1-2-42-30(41)26(15-19-7-4-3-5-8-19)38-29-22(13-14-27(39-29)31(32,33)34)25-17-28(36-18-35-25)37-24-10-6-9-20-11-12-21(40)16-23(20)24/h3-10,13-14,17-18,21,26,40H,2,11-12,15-16H2,1H3,(H,38,39)(H,35,36,37). The number of aliphatic hydroxyl groups excluding tert-OH is 1. The first-order valence-corrected chi connectivity index (χ1v) is 13.6. The van der Waals surface area contributed by atoms with Crippen LogP contribution in [0.2, 0.25) is 0 Å². The van der Waals surface area contributed by atoms with Gasteiger partial charge in [-0.3, -0.25) is 0 Å². The normalized spacial score (nSPS) is 15.4. The fourth-order valence-corrected chi connectivity index (χ4v) is 4.98. The number of hydrogen-bond acceptors (Lipinski definition) is 8. The number of aliphatic hydroxyl groups is 1. The molecule has 0 radical (unpaired) electrons. The maximum absolute atomic E-state index is 13.7. The fraction of sp³-hybridized carbons (Fsp3) is 0.290. The van der Waals surface area contributed by atoms with E-state index < -0.39 is 30.0 Å². The Labute approximate surface area is 241 Å². The van der Waals surface area contributed by atoms with E-state index in [9.17, 15) is 23.1 Å². The van der Waals surface area contributed by atoms with Gasteiger partial charge in [-0.1, -0.05) is 42.5 Å². The van der Waals surface area contributed by atoms with Gasteiger partial charge in [0.25, 0.3) is 0 Å². The highest BCUT2D eigenvalue weighted by atomic mass is 19.4. The number of esters is 1. The lowest BCUT2D eigenvalue weighted by atomic mass is 9.88. The van der Waals surface area contributed by atoms with Crippen LogP contribution in [0.4, 0.5) is 30.5 Å². The van der Waals surface area contributed by atoms with Crippen molar-refractivity contribution in [1.29, 1.82) is 0 Å². The summed E-state index contributed by atoms with van der Waals surface area (Å²) in [5.74, 6) is -0.373. The molecule has 2 aromatic heterocycles. The molecule has 11 heteroatoms. The van der Waals surface area contributed by atoms with Gasteiger partial charge in [-0.2, -0.15) is 13.2 Å². The molecule has 0 amide bonds. The maximum Gasteiger partial charge on any atom is 0.433 e. The molecule has 1 aliphatic rings. The van der Waals surface area contributed by atoms with Crippen LogP contribution in [0.3, 0.4) is 0 Å². The smallest absolute Gasteiger partial charge is 0.433 e. The number of ether oxygens (including phenoxy) is 1. The predicted molar refractivity (Wildman–Crippen MR) is 152 cm³/mol. The van der Waals surface area contributed by atoms with Crippen LogP contribution >= 0.6 is 0 Å². The minimum Gasteiger partial charge on any atom is -0.464 e. The van der Waals surface area contributed by atoms with E-state index in [0.29, 0.717) is 24.4 Å². The molecule has 2 atom stereocenters. The van der Waals surface area contributed by atoms with Crippen LogP contribution in [0.1, 0.15) is 35.7 Å². The Hall–Kier alpha value is -4.51. The van der Waals surface area contributed by atoms with E-state index >= 15 is 0 Å². The van der Waals surface area contributed by atoms with Gasteiger partial charge in [-0.25, -0.2) is 19.7 Å². The summed E-state index contributed by atoms with van der Waals surface area (Å²) in [6.07, 6.45) is -1.71. The van der Waals surface area contributed by atoms with E-state index in [1.807, 2.05) is 48.5 Å². The molecule has 0 spiro atoms. The van der Waals surface area contributed by atoms with E-state index in [-0.39, 0.29) is 24.4 Å². The average molecular weight is 578 g/mol. The lowest BCUT2D eigenvalue weighted by Crippen LogP contribution is -2.34. The first-order valence-electron chi connectivity index (χ1n) is 13.6. The molecular weight excluding hydrogens is 547 g/mol. The molecule has 5 rings (SSSR count). The van der Waals surface area contributed by atoms with Crippen molar-refractivity contribution in [3.05, 3.63) is 95.4 Å². The number of rotatable bonds is 9. The summed E-state index contributed by atoms with van der Waals surface area (Å²) in [6.45, 7) is 1.77. The number of halogens is 3. The Bertz CT molecular complexity index is 1550. The van der Waals surface area contributed by atoms with Crippen molar-refractivity contribution in [3.8, 4) is 11.3 Å². The second-order valence-electron chi connectivity index (χ2n) is 9.98. The van der Waals surface area contributed by atoms with Gasteiger partial charge >= 0.3 is 12.1 Å². The summed E-state index contributed by atoms with van der Waals surface area (Å²) in [7, 11) is 0. The van der Waals surface area contributed by atoms with Crippen molar-refractivity contribution in [2.75, 3.05) is 17.2 Å². The highest BCUT2D eigenvalue weighted by Crippen LogP contribution is 2.35. The number of pyridine rings is 1. The molecule has 2 heterocycles. The van der Waals surface area contributed by atoms with Gasteiger partial charge in [0, 0.05) is 30.2 Å². The summed E-state index contributed by atoms with van der Waals surface area (Å²) in [5, 5.41) is 16.4. The number of anilines is 3. The minimum atomic E-state index is -4.71. The van der Waals surface area contributed by atoms with Crippen LogP contribution in [0, 0.1) is 0 Å². The van der Waals surface area contributed by atoms with E-state index in [1.165, 1.54) is 12.4 Å². The third-order valence-corrected chi connectivity index (χ3v) is 7.02. The molecule has 0 saturated carbocycles. The van der Waals surface area contributed by atoms with E-state index in [2.05, 4.69) is 25.6 Å². The van der Waals surface area contributed by atoms with Gasteiger partial charge in [0.05, 0.1) is 18.4 Å². The number of nitrogens with zero attached hydrogens (tertiary/aromatic N) is 3. The monoisotopic (exact) mass is 577 g/mol. The Kier molecular flexibility index (Phi) is 8.67. The van der Waals surface area contributed by atoms with E-state index in [4.69, 9.17) is 4.74 Å². The highest BCUT2D eigenvalue weighted by molar-refractivity contribution is 5.83. The number of carbonyl (C=O) groups is 1. The maximum atomic E-state index is 13.7. The Morgan fingerprint density at radius 3 is 2.67 bits per heavy atom. The molecule has 8 nitrogen and oxygen atoms in total. The second kappa shape index (κ2) is 12.6. The first kappa shape index (κ1) is 29.0. The number of nitrogens with one attached hydrogen (secondary N) is 2. The number of aryl methyl sites for hydroxylation is 1. The fourth-order valence-electron chi connectivity index (χ4n) is 4.98. The van der Waals surface area contributed by atoms with Gasteiger partial charge in [0.15, 0.2) is 0 Å². The molecule has 218 valence electrons. The van der Waals surface area contributed by atoms with Crippen molar-refractivity contribution in [1.82, 2.24) is 15.0 Å². The SMILES string of the molecule is CCOC(=O)C(Cc1ccccc1)Nc1nc(C(F)(F)F)ccc1-c1cc(Nc2cccc3c2CC(O)CC3)ncn1. The number of hydrogen-bond donors (Lipinski definition) is 3. The summed E-state index contributed by atoms with van der Waals surface area (Å²) >= 11 is 0. The summed E-state index contributed by atoms with van der Waals surface area (Å²) in [5.41, 5.74) is 3.14. The van der Waals surface area contributed by atoms with Gasteiger partial charge in [-0.05, 0) is 54.7 Å². The van der Waals surface area contributed by atoms with Crippen LogP contribution in [0.5, 0.6) is 0 Å². The van der Waals surface area contributed by atoms with Gasteiger partial charge in [-0.15, -0.1) is 0 Å². The zero-order chi connectivity index (χ0) is 29.7. The first-order chi connectivity index (χ1) is 20.2. The van der Waals surface area contributed by atoms with Crippen LogP contribution in [-0.4, -0.2) is 44.8 Å². The van der Waals surface area contributed by atoms with Crippen molar-refractivity contribution >= 4 is 23.3 Å². The molecule has 2 unspecified atom stereocenters. The van der Waals surface area contributed by atoms with E-state index in [0.717, 1.165) is 34.9 Å². The zero-order valence-corrected chi connectivity index (χ0v) is 22.9. The molecule has 3 N–H and O–H groups in total. The number of fused-ring (bicyclic) bond motifs is 1. The quantitative estimate of drug-likeness (QED) is 0.216. The molecule has 0 saturated heterocycles. The van der Waals surface area contributed by atoms with Crippen molar-refractivity contribution in [2.45, 2.75) is 50.9 Å². The minimum absolute atomic E-state index is 0.107. The second-order valence-corrected chi connectivity index (χ2v) is 9.98. The molecule has 0 bridgehead atoms. The summed E-state index contributed by atoms with van der Waals surface area (Å²) in [6, 6.07) is 17.7. The third kappa shape index (κ3) is 6.85. The molecular formula is C31H30F3N5O3. The predicted octanol–water partition coefficient (Wildman–Crippen LogP) is 5.74. The molecule has 4 aromatic rings.